The number of halogens is 1. The van der Waals surface area contributed by atoms with E-state index in [1.807, 2.05) is 24.3 Å². The standard InChI is InChI=1S/C17H19ClN6O3/c18-13-3-1-2-12(6-13)7-22-8-20-17-21-15-14(16(26)24(17)10-22)19-9-23(15)11-27-5-4-25/h1-3,6,9,25H,4-5,7-8,10-11H2,(H,20,21). The zero-order valence-corrected chi connectivity index (χ0v) is 15.3. The summed E-state index contributed by atoms with van der Waals surface area (Å²) in [5.41, 5.74) is 1.61. The first-order valence-corrected chi connectivity index (χ1v) is 8.88. The van der Waals surface area contributed by atoms with E-state index >= 15 is 0 Å². The first-order valence-electron chi connectivity index (χ1n) is 8.50. The topological polar surface area (TPSA) is 97.4 Å². The van der Waals surface area contributed by atoms with Crippen LogP contribution in [0.5, 0.6) is 0 Å². The Labute approximate surface area is 159 Å². The monoisotopic (exact) mass is 390 g/mol. The van der Waals surface area contributed by atoms with E-state index in [-0.39, 0.29) is 31.0 Å². The van der Waals surface area contributed by atoms with E-state index in [0.29, 0.717) is 36.5 Å². The number of aromatic nitrogens is 4. The number of anilines is 1. The highest BCUT2D eigenvalue weighted by Gasteiger charge is 2.21. The third-order valence-electron chi connectivity index (χ3n) is 4.29. The number of nitrogens with zero attached hydrogens (tertiary/aromatic N) is 5. The molecule has 0 fully saturated rings. The van der Waals surface area contributed by atoms with Gasteiger partial charge in [0.05, 0.1) is 32.9 Å². The second-order valence-corrected chi connectivity index (χ2v) is 6.69. The Kier molecular flexibility index (Phi) is 5.08. The molecule has 0 amide bonds. The Morgan fingerprint density at radius 3 is 3.07 bits per heavy atom. The van der Waals surface area contributed by atoms with Gasteiger partial charge in [-0.2, -0.15) is 4.98 Å². The van der Waals surface area contributed by atoms with Crippen LogP contribution in [0.4, 0.5) is 5.95 Å². The molecule has 2 aromatic heterocycles. The highest BCUT2D eigenvalue weighted by atomic mass is 35.5. The Balaban J connectivity index is 1.58. The predicted molar refractivity (Wildman–Crippen MR) is 100 cm³/mol. The average Bonchev–Trinajstić information content (AvgIpc) is 3.06. The lowest BCUT2D eigenvalue weighted by molar-refractivity contribution is 0.0499. The van der Waals surface area contributed by atoms with Crippen LogP contribution in [0.25, 0.3) is 11.2 Å². The summed E-state index contributed by atoms with van der Waals surface area (Å²) >= 11 is 6.05. The maximum absolute atomic E-state index is 12.8. The van der Waals surface area contributed by atoms with Crippen LogP contribution in [-0.4, -0.2) is 49.0 Å². The number of aliphatic hydroxyl groups excluding tert-OH is 1. The van der Waals surface area contributed by atoms with Gasteiger partial charge >= 0.3 is 0 Å². The quantitative estimate of drug-likeness (QED) is 0.607. The summed E-state index contributed by atoms with van der Waals surface area (Å²) in [7, 11) is 0. The molecule has 142 valence electrons. The molecule has 1 aromatic carbocycles. The minimum atomic E-state index is -0.209. The Morgan fingerprint density at radius 1 is 1.37 bits per heavy atom. The number of rotatable bonds is 6. The zero-order valence-electron chi connectivity index (χ0n) is 14.5. The molecule has 0 spiro atoms. The summed E-state index contributed by atoms with van der Waals surface area (Å²) in [6.07, 6.45) is 1.52. The molecule has 0 aliphatic carbocycles. The summed E-state index contributed by atoms with van der Waals surface area (Å²) in [5.74, 6) is 0.499. The number of nitrogens with one attached hydrogen (secondary N) is 1. The molecule has 2 N–H and O–H groups in total. The van der Waals surface area contributed by atoms with Gasteiger partial charge in [0, 0.05) is 11.6 Å². The summed E-state index contributed by atoms with van der Waals surface area (Å²) in [6, 6.07) is 7.65. The van der Waals surface area contributed by atoms with Crippen molar-refractivity contribution in [1.29, 1.82) is 0 Å². The number of hydrogen-bond donors (Lipinski definition) is 2. The van der Waals surface area contributed by atoms with Crippen LogP contribution in [0.2, 0.25) is 5.02 Å². The van der Waals surface area contributed by atoms with E-state index < -0.39 is 0 Å². The normalized spacial score (nSPS) is 14.3. The van der Waals surface area contributed by atoms with E-state index in [0.717, 1.165) is 5.56 Å². The number of imidazole rings is 1. The van der Waals surface area contributed by atoms with Crippen molar-refractivity contribution in [2.24, 2.45) is 0 Å². The summed E-state index contributed by atoms with van der Waals surface area (Å²) < 4.78 is 8.51. The largest absolute Gasteiger partial charge is 0.394 e. The molecule has 0 saturated carbocycles. The summed E-state index contributed by atoms with van der Waals surface area (Å²) in [6.45, 7) is 1.93. The van der Waals surface area contributed by atoms with Crippen molar-refractivity contribution in [3.63, 3.8) is 0 Å². The zero-order chi connectivity index (χ0) is 18.8. The predicted octanol–water partition coefficient (Wildman–Crippen LogP) is 1.06. The molecule has 0 radical (unpaired) electrons. The molecule has 3 aromatic rings. The number of hydrogen-bond acceptors (Lipinski definition) is 7. The molecule has 10 heteroatoms. The Hall–Kier alpha value is -2.46. The number of ether oxygens (including phenoxy) is 1. The fourth-order valence-electron chi connectivity index (χ4n) is 3.05. The molecule has 4 rings (SSSR count). The number of aliphatic hydroxyl groups is 1. The van der Waals surface area contributed by atoms with Gasteiger partial charge in [0.2, 0.25) is 5.95 Å². The van der Waals surface area contributed by atoms with Crippen molar-refractivity contribution in [3.05, 3.63) is 51.5 Å². The van der Waals surface area contributed by atoms with Gasteiger partial charge in [0.1, 0.15) is 6.73 Å². The van der Waals surface area contributed by atoms with E-state index in [2.05, 4.69) is 20.2 Å². The highest BCUT2D eigenvalue weighted by Crippen LogP contribution is 2.18. The SMILES string of the molecule is O=c1c2ncn(COCCO)c2nc2n1CN(Cc1cccc(Cl)c1)CN2. The lowest BCUT2D eigenvalue weighted by atomic mass is 10.2. The second-order valence-electron chi connectivity index (χ2n) is 6.25. The molecule has 27 heavy (non-hydrogen) atoms. The maximum atomic E-state index is 12.8. The van der Waals surface area contributed by atoms with Crippen LogP contribution < -0.4 is 10.9 Å². The third kappa shape index (κ3) is 3.67. The van der Waals surface area contributed by atoms with Gasteiger partial charge in [-0.3, -0.25) is 18.8 Å². The summed E-state index contributed by atoms with van der Waals surface area (Å²) in [5, 5.41) is 12.7. The number of benzene rings is 1. The molecule has 0 atom stereocenters. The Bertz CT molecular complexity index is 1020. The van der Waals surface area contributed by atoms with Crippen molar-refractivity contribution >= 4 is 28.7 Å². The van der Waals surface area contributed by atoms with Crippen LogP contribution in [0, 0.1) is 0 Å². The van der Waals surface area contributed by atoms with Crippen molar-refractivity contribution in [2.75, 3.05) is 25.2 Å². The lowest BCUT2D eigenvalue weighted by Crippen LogP contribution is -2.42. The van der Waals surface area contributed by atoms with Gasteiger partial charge in [-0.15, -0.1) is 0 Å². The fourth-order valence-corrected chi connectivity index (χ4v) is 3.26. The molecule has 1 aliphatic heterocycles. The molecule has 3 heterocycles. The molecule has 9 nitrogen and oxygen atoms in total. The minimum absolute atomic E-state index is 0.0673. The first-order chi connectivity index (χ1) is 13.2. The van der Waals surface area contributed by atoms with E-state index in [1.54, 1.807) is 9.13 Å². The van der Waals surface area contributed by atoms with Crippen molar-refractivity contribution < 1.29 is 9.84 Å². The van der Waals surface area contributed by atoms with Gasteiger partial charge < -0.3 is 15.2 Å². The number of fused-ring (bicyclic) bond motifs is 2. The van der Waals surface area contributed by atoms with Crippen LogP contribution in [0.15, 0.2) is 35.4 Å². The maximum Gasteiger partial charge on any atom is 0.284 e. The van der Waals surface area contributed by atoms with Gasteiger partial charge in [0.15, 0.2) is 11.2 Å². The molecule has 1 aliphatic rings. The van der Waals surface area contributed by atoms with Crippen LogP contribution in [-0.2, 0) is 24.7 Å². The summed E-state index contributed by atoms with van der Waals surface area (Å²) in [4.78, 5) is 23.6. The molecule has 0 unspecified atom stereocenters. The van der Waals surface area contributed by atoms with E-state index in [4.69, 9.17) is 21.4 Å². The van der Waals surface area contributed by atoms with Gasteiger partial charge in [0.25, 0.3) is 5.56 Å². The van der Waals surface area contributed by atoms with Crippen molar-refractivity contribution in [3.8, 4) is 0 Å². The fraction of sp³-hybridized carbons (Fsp3) is 0.353. The first kappa shape index (κ1) is 17.9. The molecular weight excluding hydrogens is 372 g/mol. The smallest absolute Gasteiger partial charge is 0.284 e. The van der Waals surface area contributed by atoms with Gasteiger partial charge in [-0.1, -0.05) is 23.7 Å². The third-order valence-corrected chi connectivity index (χ3v) is 4.52. The van der Waals surface area contributed by atoms with E-state index in [9.17, 15) is 4.79 Å². The van der Waals surface area contributed by atoms with Crippen molar-refractivity contribution in [2.45, 2.75) is 19.9 Å². The van der Waals surface area contributed by atoms with Crippen LogP contribution >= 0.6 is 11.6 Å². The Morgan fingerprint density at radius 2 is 2.26 bits per heavy atom. The lowest BCUT2D eigenvalue weighted by Gasteiger charge is -2.30. The van der Waals surface area contributed by atoms with Gasteiger partial charge in [-0.05, 0) is 17.7 Å². The molecule has 0 saturated heterocycles. The second kappa shape index (κ2) is 7.65. The van der Waals surface area contributed by atoms with E-state index in [1.165, 1.54) is 6.33 Å². The minimum Gasteiger partial charge on any atom is -0.394 e. The average molecular weight is 391 g/mol. The molecule has 0 bridgehead atoms. The van der Waals surface area contributed by atoms with Crippen LogP contribution in [0.1, 0.15) is 5.56 Å². The highest BCUT2D eigenvalue weighted by molar-refractivity contribution is 6.30. The van der Waals surface area contributed by atoms with Gasteiger partial charge in [-0.25, -0.2) is 4.98 Å². The molecular formula is C17H19ClN6O3. The van der Waals surface area contributed by atoms with Crippen molar-refractivity contribution in [1.82, 2.24) is 24.0 Å². The van der Waals surface area contributed by atoms with Crippen LogP contribution in [0.3, 0.4) is 0 Å².